The summed E-state index contributed by atoms with van der Waals surface area (Å²) in [5.41, 5.74) is 0. The minimum Gasteiger partial charge on any atom is -0.177 e. The normalized spacial score (nSPS) is 36.1. The summed E-state index contributed by atoms with van der Waals surface area (Å²) in [6.07, 6.45) is 4.47. The molecule has 0 aromatic heterocycles. The van der Waals surface area contributed by atoms with Crippen molar-refractivity contribution in [3.05, 3.63) is 0 Å². The number of halogens is 1. The molecular weight excluding hydrogens is 193 g/mol. The van der Waals surface area contributed by atoms with Gasteiger partial charge < -0.3 is 0 Å². The predicted molar refractivity (Wildman–Crippen MR) is 47.0 cm³/mol. The molecule has 2 rings (SSSR count). The van der Waals surface area contributed by atoms with Gasteiger partial charge in [-0.2, -0.15) is 12.7 Å². The van der Waals surface area contributed by atoms with Gasteiger partial charge in [0.2, 0.25) is 0 Å². The first-order valence-corrected chi connectivity index (χ1v) is 6.11. The topological polar surface area (TPSA) is 37.4 Å². The lowest BCUT2D eigenvalue weighted by Gasteiger charge is -2.22. The molecule has 5 heteroatoms. The van der Waals surface area contributed by atoms with Crippen molar-refractivity contribution < 1.29 is 12.3 Å². The standard InChI is InChI=1S/C8H14FNO2S/c9-13(11,12)10-5-7-3-1-2-4-8(7)6-10/h7-8H,1-6H2/t7-,8+. The van der Waals surface area contributed by atoms with Crippen molar-refractivity contribution in [3.63, 3.8) is 0 Å². The zero-order valence-electron chi connectivity index (χ0n) is 7.45. The van der Waals surface area contributed by atoms with Crippen LogP contribution >= 0.6 is 0 Å². The average Bonchev–Trinajstić information content (AvgIpc) is 2.45. The van der Waals surface area contributed by atoms with Crippen LogP contribution in [0.5, 0.6) is 0 Å². The van der Waals surface area contributed by atoms with Gasteiger partial charge in [-0.3, -0.25) is 0 Å². The predicted octanol–water partition coefficient (Wildman–Crippen LogP) is 1.32. The van der Waals surface area contributed by atoms with Crippen molar-refractivity contribution in [2.45, 2.75) is 25.7 Å². The summed E-state index contributed by atoms with van der Waals surface area (Å²) >= 11 is 0. The zero-order valence-corrected chi connectivity index (χ0v) is 8.26. The molecule has 1 heterocycles. The van der Waals surface area contributed by atoms with Crippen LogP contribution in [0.25, 0.3) is 0 Å². The Morgan fingerprint density at radius 1 is 1.08 bits per heavy atom. The van der Waals surface area contributed by atoms with Crippen LogP contribution < -0.4 is 0 Å². The van der Waals surface area contributed by atoms with Gasteiger partial charge >= 0.3 is 10.4 Å². The van der Waals surface area contributed by atoms with Crippen LogP contribution in [0.3, 0.4) is 0 Å². The first kappa shape index (κ1) is 9.40. The van der Waals surface area contributed by atoms with Crippen LogP contribution in [0, 0.1) is 11.8 Å². The minimum atomic E-state index is -4.43. The summed E-state index contributed by atoms with van der Waals surface area (Å²) in [4.78, 5) is 0. The van der Waals surface area contributed by atoms with Gasteiger partial charge in [0.25, 0.3) is 0 Å². The average molecular weight is 207 g/mol. The number of hydrogen-bond acceptors (Lipinski definition) is 2. The third-order valence-corrected chi connectivity index (χ3v) is 4.17. The second-order valence-electron chi connectivity index (χ2n) is 4.06. The molecule has 0 unspecified atom stereocenters. The molecule has 1 saturated carbocycles. The van der Waals surface area contributed by atoms with Crippen molar-refractivity contribution in [1.82, 2.24) is 4.31 Å². The van der Waals surface area contributed by atoms with E-state index in [4.69, 9.17) is 0 Å². The molecule has 1 aliphatic heterocycles. The summed E-state index contributed by atoms with van der Waals surface area (Å²) in [6, 6.07) is 0. The van der Waals surface area contributed by atoms with E-state index in [0.29, 0.717) is 24.9 Å². The number of fused-ring (bicyclic) bond motifs is 1. The number of hydrogen-bond donors (Lipinski definition) is 0. The van der Waals surface area contributed by atoms with Crippen molar-refractivity contribution in [2.24, 2.45) is 11.8 Å². The van der Waals surface area contributed by atoms with Crippen LogP contribution in [0.1, 0.15) is 25.7 Å². The van der Waals surface area contributed by atoms with E-state index in [1.165, 1.54) is 12.8 Å². The molecule has 76 valence electrons. The van der Waals surface area contributed by atoms with E-state index in [-0.39, 0.29) is 0 Å². The summed E-state index contributed by atoms with van der Waals surface area (Å²) in [6.45, 7) is 0.813. The summed E-state index contributed by atoms with van der Waals surface area (Å²) in [7, 11) is -4.43. The van der Waals surface area contributed by atoms with Gasteiger partial charge in [-0.1, -0.05) is 16.7 Å². The molecule has 0 radical (unpaired) electrons. The van der Waals surface area contributed by atoms with E-state index in [1.54, 1.807) is 0 Å². The van der Waals surface area contributed by atoms with Crippen molar-refractivity contribution in [1.29, 1.82) is 0 Å². The Balaban J connectivity index is 2.07. The highest BCUT2D eigenvalue weighted by Gasteiger charge is 2.39. The Morgan fingerprint density at radius 2 is 1.54 bits per heavy atom. The maximum atomic E-state index is 12.6. The second kappa shape index (κ2) is 3.20. The van der Waals surface area contributed by atoms with Gasteiger partial charge in [0.1, 0.15) is 0 Å². The van der Waals surface area contributed by atoms with Gasteiger partial charge in [0.05, 0.1) is 0 Å². The molecule has 2 aliphatic rings. The Bertz CT molecular complexity index is 277. The molecule has 0 bridgehead atoms. The second-order valence-corrected chi connectivity index (χ2v) is 5.40. The van der Waals surface area contributed by atoms with Crippen LogP contribution in [-0.2, 0) is 10.4 Å². The van der Waals surface area contributed by atoms with Crippen LogP contribution in [0.2, 0.25) is 0 Å². The van der Waals surface area contributed by atoms with Gasteiger partial charge in [-0.25, -0.2) is 0 Å². The first-order chi connectivity index (χ1) is 6.07. The van der Waals surface area contributed by atoms with Crippen LogP contribution in [0.4, 0.5) is 3.89 Å². The summed E-state index contributed by atoms with van der Waals surface area (Å²) in [5.74, 6) is 0.832. The highest BCUT2D eigenvalue weighted by Crippen LogP contribution is 2.37. The van der Waals surface area contributed by atoms with Crippen molar-refractivity contribution >= 4 is 10.4 Å². The largest absolute Gasteiger partial charge is 0.374 e. The maximum absolute atomic E-state index is 12.6. The molecule has 0 aromatic rings. The molecular formula is C8H14FNO2S. The van der Waals surface area contributed by atoms with E-state index in [9.17, 15) is 12.3 Å². The van der Waals surface area contributed by atoms with Gasteiger partial charge in [-0.05, 0) is 24.7 Å². The van der Waals surface area contributed by atoms with E-state index < -0.39 is 10.4 Å². The van der Waals surface area contributed by atoms with Crippen molar-refractivity contribution in [2.75, 3.05) is 13.1 Å². The maximum Gasteiger partial charge on any atom is 0.374 e. The molecule has 0 N–H and O–H groups in total. The van der Waals surface area contributed by atoms with E-state index in [2.05, 4.69) is 0 Å². The molecule has 1 aliphatic carbocycles. The number of rotatable bonds is 1. The Labute approximate surface area is 78.3 Å². The smallest absolute Gasteiger partial charge is 0.177 e. The quantitative estimate of drug-likeness (QED) is 0.608. The Morgan fingerprint density at radius 3 is 1.92 bits per heavy atom. The fourth-order valence-corrected chi connectivity index (χ4v) is 3.28. The van der Waals surface area contributed by atoms with Gasteiger partial charge in [0.15, 0.2) is 0 Å². The molecule has 3 nitrogen and oxygen atoms in total. The van der Waals surface area contributed by atoms with E-state index in [0.717, 1.165) is 17.1 Å². The highest BCUT2D eigenvalue weighted by molar-refractivity contribution is 7.83. The van der Waals surface area contributed by atoms with Crippen LogP contribution in [-0.4, -0.2) is 25.8 Å². The molecule has 0 spiro atoms. The fourth-order valence-electron chi connectivity index (χ4n) is 2.54. The van der Waals surface area contributed by atoms with Crippen LogP contribution in [0.15, 0.2) is 0 Å². The molecule has 0 amide bonds. The monoisotopic (exact) mass is 207 g/mol. The van der Waals surface area contributed by atoms with E-state index in [1.807, 2.05) is 0 Å². The van der Waals surface area contributed by atoms with Gasteiger partial charge in [0, 0.05) is 13.1 Å². The SMILES string of the molecule is O=S(=O)(F)N1C[C@H]2CCCC[C@H]2C1. The zero-order chi connectivity index (χ0) is 9.47. The lowest BCUT2D eigenvalue weighted by atomic mass is 9.82. The van der Waals surface area contributed by atoms with E-state index >= 15 is 0 Å². The first-order valence-electron chi connectivity index (χ1n) is 4.77. The number of nitrogens with zero attached hydrogens (tertiary/aromatic N) is 1. The third-order valence-electron chi connectivity index (χ3n) is 3.25. The Kier molecular flexibility index (Phi) is 2.32. The Hall–Kier alpha value is -0.160. The van der Waals surface area contributed by atoms with Gasteiger partial charge in [-0.15, -0.1) is 0 Å². The molecule has 1 saturated heterocycles. The molecule has 2 atom stereocenters. The summed E-state index contributed by atoms with van der Waals surface area (Å²) < 4.78 is 34.9. The lowest BCUT2D eigenvalue weighted by molar-refractivity contribution is 0.299. The lowest BCUT2D eigenvalue weighted by Crippen LogP contribution is -2.25. The minimum absolute atomic E-state index is 0.406. The molecule has 13 heavy (non-hydrogen) atoms. The molecule has 0 aromatic carbocycles. The highest BCUT2D eigenvalue weighted by atomic mass is 32.3. The third kappa shape index (κ3) is 1.86. The fraction of sp³-hybridized carbons (Fsp3) is 1.00. The van der Waals surface area contributed by atoms with Crippen molar-refractivity contribution in [3.8, 4) is 0 Å². The molecule has 2 fully saturated rings. The summed E-state index contributed by atoms with van der Waals surface area (Å²) in [5, 5.41) is 0.